The Morgan fingerprint density at radius 1 is 1.38 bits per heavy atom. The Kier molecular flexibility index (Phi) is 10.9. The zero-order valence-electron chi connectivity index (χ0n) is 13.5. The zero-order valence-corrected chi connectivity index (χ0v) is 16.1. The summed E-state index contributed by atoms with van der Waals surface area (Å²) in [6.07, 6.45) is 1.25. The number of hydrogen-bond donors (Lipinski definition) is 2. The van der Waals surface area contributed by atoms with Crippen molar-refractivity contribution in [2.24, 2.45) is 0 Å². The Morgan fingerprint density at radius 2 is 2.00 bits per heavy atom. The summed E-state index contributed by atoms with van der Waals surface area (Å²) in [4.78, 5) is 27.9. The first kappa shape index (κ1) is 24.9. The van der Waals surface area contributed by atoms with Crippen molar-refractivity contribution in [3.63, 3.8) is 0 Å². The average Bonchev–Trinajstić information content (AvgIpc) is 2.78. The largest absolute Gasteiger partial charge is 0.519 e. The molecule has 0 saturated carbocycles. The second kappa shape index (κ2) is 10.5. The summed E-state index contributed by atoms with van der Waals surface area (Å²) in [5, 5.41) is 4.50. The fourth-order valence-corrected chi connectivity index (χ4v) is 2.77. The van der Waals surface area contributed by atoms with E-state index in [4.69, 9.17) is 6.58 Å². The third-order valence-electron chi connectivity index (χ3n) is 3.28. The van der Waals surface area contributed by atoms with Gasteiger partial charge in [-0.2, -0.15) is 0 Å². The van der Waals surface area contributed by atoms with Gasteiger partial charge in [0.1, 0.15) is 5.56 Å². The number of aryl methyl sites for hydroxylation is 1. The molecule has 0 aliphatic carbocycles. The fraction of sp³-hybridized carbons (Fsp3) is 0.188. The third kappa shape index (κ3) is 5.34. The normalized spacial score (nSPS) is 10.5. The molecule has 0 saturated heterocycles. The van der Waals surface area contributed by atoms with Gasteiger partial charge in [0.2, 0.25) is 0 Å². The molecule has 8 heteroatoms. The SMILES string of the molecule is O.O.[CH-]=C[C@H]([CH2-])NC(=O)c1ccc(-c2csc(C)c2C)[nH]c1=O.[Sc]. The second-order valence-corrected chi connectivity index (χ2v) is 5.80. The number of nitrogens with one attached hydrogen (secondary N) is 2. The van der Waals surface area contributed by atoms with Gasteiger partial charge in [0.15, 0.2) is 0 Å². The molecule has 2 aromatic heterocycles. The Labute approximate surface area is 163 Å². The van der Waals surface area contributed by atoms with Crippen molar-refractivity contribution in [3.8, 4) is 11.3 Å². The quantitative estimate of drug-likeness (QED) is 0.767. The Balaban J connectivity index is 0. The van der Waals surface area contributed by atoms with Gasteiger partial charge in [-0.1, -0.05) is 0 Å². The fourth-order valence-electron chi connectivity index (χ4n) is 1.88. The van der Waals surface area contributed by atoms with Crippen LogP contribution in [-0.4, -0.2) is 27.9 Å². The van der Waals surface area contributed by atoms with E-state index < -0.39 is 17.5 Å². The summed E-state index contributed by atoms with van der Waals surface area (Å²) in [5.41, 5.74) is 2.42. The maximum Gasteiger partial charge on any atom is 0.261 e. The Morgan fingerprint density at radius 3 is 2.46 bits per heavy atom. The minimum absolute atomic E-state index is 0. The van der Waals surface area contributed by atoms with Gasteiger partial charge in [0, 0.05) is 47.4 Å². The van der Waals surface area contributed by atoms with E-state index in [1.807, 2.05) is 19.2 Å². The average molecular weight is 381 g/mol. The molecule has 1 amide bonds. The van der Waals surface area contributed by atoms with E-state index in [0.717, 1.165) is 11.1 Å². The predicted octanol–water partition coefficient (Wildman–Crippen LogP) is 0.990. The summed E-state index contributed by atoms with van der Waals surface area (Å²) in [7, 11) is 0. The molecule has 0 aromatic carbocycles. The Hall–Kier alpha value is -1.35. The monoisotopic (exact) mass is 381 g/mol. The smallest absolute Gasteiger partial charge is 0.261 e. The van der Waals surface area contributed by atoms with Crippen LogP contribution in [0.3, 0.4) is 0 Å². The van der Waals surface area contributed by atoms with Crippen LogP contribution in [0, 0.1) is 27.4 Å². The van der Waals surface area contributed by atoms with Crippen molar-refractivity contribution < 1.29 is 41.6 Å². The zero-order chi connectivity index (χ0) is 15.6. The first-order valence-electron chi connectivity index (χ1n) is 6.41. The van der Waals surface area contributed by atoms with Crippen LogP contribution in [0.5, 0.6) is 0 Å². The molecule has 2 aromatic rings. The van der Waals surface area contributed by atoms with Crippen LogP contribution in [0.4, 0.5) is 0 Å². The van der Waals surface area contributed by atoms with Crippen LogP contribution in [-0.2, 0) is 25.8 Å². The molecule has 0 bridgehead atoms. The number of rotatable bonds is 4. The van der Waals surface area contributed by atoms with Crippen molar-refractivity contribution in [1.29, 1.82) is 0 Å². The van der Waals surface area contributed by atoms with Crippen molar-refractivity contribution in [2.45, 2.75) is 19.9 Å². The van der Waals surface area contributed by atoms with E-state index in [0.29, 0.717) is 5.69 Å². The molecule has 6 nitrogen and oxygen atoms in total. The van der Waals surface area contributed by atoms with E-state index in [1.165, 1.54) is 17.0 Å². The summed E-state index contributed by atoms with van der Waals surface area (Å²) in [5.74, 6) is -0.497. The number of H-pyrrole nitrogens is 1. The molecule has 0 spiro atoms. The molecule has 24 heavy (non-hydrogen) atoms. The number of pyridine rings is 1. The molecule has 1 radical (unpaired) electrons. The number of aromatic amines is 1. The Bertz CT molecular complexity index is 755. The van der Waals surface area contributed by atoms with Crippen LogP contribution in [0.1, 0.15) is 20.8 Å². The first-order valence-corrected chi connectivity index (χ1v) is 7.29. The molecule has 2 heterocycles. The maximum atomic E-state index is 12.1. The van der Waals surface area contributed by atoms with Crippen LogP contribution >= 0.6 is 11.3 Å². The predicted molar refractivity (Wildman–Crippen MR) is 92.6 cm³/mol. The van der Waals surface area contributed by atoms with Crippen LogP contribution in [0.25, 0.3) is 11.3 Å². The molecule has 6 N–H and O–H groups in total. The molecule has 1 atom stereocenters. The molecule has 2 rings (SSSR count). The number of thiophene rings is 1. The molecule has 129 valence electrons. The van der Waals surface area contributed by atoms with E-state index in [1.54, 1.807) is 17.4 Å². The minimum atomic E-state index is -0.543. The van der Waals surface area contributed by atoms with Gasteiger partial charge in [-0.25, -0.2) is 0 Å². The van der Waals surface area contributed by atoms with Crippen molar-refractivity contribution in [2.75, 3.05) is 0 Å². The van der Waals surface area contributed by atoms with E-state index in [-0.39, 0.29) is 42.4 Å². The topological polar surface area (TPSA) is 125 Å². The van der Waals surface area contributed by atoms with Crippen molar-refractivity contribution >= 4 is 17.2 Å². The first-order chi connectivity index (χ1) is 9.93. The standard InChI is InChI=1S/C16H16N2O2S.2H2O.Sc/c1-5-9(2)17-15(19)12-6-7-14(18-16(12)20)13-8-21-11(4)10(13)3;;;/h1,5-9H,2H2,3-4H3,(H,17,19)(H,18,20);2*1H2;/q-2;;;/t9-;;;/m0.../s1. The van der Waals surface area contributed by atoms with Gasteiger partial charge in [-0.3, -0.25) is 15.7 Å². The number of aromatic nitrogens is 1. The van der Waals surface area contributed by atoms with Crippen LogP contribution < -0.4 is 10.9 Å². The third-order valence-corrected chi connectivity index (χ3v) is 4.29. The van der Waals surface area contributed by atoms with Crippen molar-refractivity contribution in [3.05, 3.63) is 63.4 Å². The maximum absolute atomic E-state index is 12.1. The summed E-state index contributed by atoms with van der Waals surface area (Å²) >= 11 is 1.63. The van der Waals surface area contributed by atoms with E-state index in [2.05, 4.69) is 17.2 Å². The number of amides is 1. The van der Waals surface area contributed by atoms with Gasteiger partial charge in [-0.05, 0) is 31.5 Å². The van der Waals surface area contributed by atoms with Gasteiger partial charge < -0.3 is 34.8 Å². The summed E-state index contributed by atoms with van der Waals surface area (Å²) in [6, 6.07) is 2.70. The second-order valence-electron chi connectivity index (χ2n) is 4.72. The number of carbonyl (C=O) groups is 1. The van der Waals surface area contributed by atoms with E-state index >= 15 is 0 Å². The molecule has 0 unspecified atom stereocenters. The molecular formula is C16H20N2O4SSc-2. The molecule has 0 aliphatic heterocycles. The van der Waals surface area contributed by atoms with Crippen molar-refractivity contribution in [1.82, 2.24) is 10.3 Å². The van der Waals surface area contributed by atoms with Gasteiger partial charge in [0.05, 0.1) is 0 Å². The minimum Gasteiger partial charge on any atom is -0.519 e. The summed E-state index contributed by atoms with van der Waals surface area (Å²) in [6.45, 7) is 12.9. The van der Waals surface area contributed by atoms with Gasteiger partial charge in [-0.15, -0.1) is 17.4 Å². The molecular weight excluding hydrogens is 361 g/mol. The van der Waals surface area contributed by atoms with E-state index in [9.17, 15) is 9.59 Å². The number of hydrogen-bond acceptors (Lipinski definition) is 3. The molecule has 0 aliphatic rings. The summed E-state index contributed by atoms with van der Waals surface area (Å²) < 4.78 is 0. The number of carbonyl (C=O) groups excluding carboxylic acids is 1. The van der Waals surface area contributed by atoms with Gasteiger partial charge in [0.25, 0.3) is 11.5 Å². The van der Waals surface area contributed by atoms with Gasteiger partial charge >= 0.3 is 0 Å². The van der Waals surface area contributed by atoms with Crippen LogP contribution in [0.15, 0.2) is 28.4 Å². The van der Waals surface area contributed by atoms with Crippen LogP contribution in [0.2, 0.25) is 0 Å². The molecule has 0 fully saturated rings.